The Morgan fingerprint density at radius 1 is 1.24 bits per heavy atom. The van der Waals surface area contributed by atoms with E-state index < -0.39 is 11.6 Å². The van der Waals surface area contributed by atoms with E-state index >= 15 is 0 Å². The van der Waals surface area contributed by atoms with Crippen LogP contribution in [0.25, 0.3) is 0 Å². The standard InChI is InChI=1S/C18H22N4O3/c1-10(2)15-19-14(25-21-15)9-22-16(23)18(5,20-17(22)24)13-7-6-11(3)12(4)8-13/h6-8,10H,9H2,1-5H3,(H,20,24)/t18-/m0/s1. The van der Waals surface area contributed by atoms with Gasteiger partial charge >= 0.3 is 6.03 Å². The summed E-state index contributed by atoms with van der Waals surface area (Å²) in [6.07, 6.45) is 0. The van der Waals surface area contributed by atoms with Gasteiger partial charge in [-0.25, -0.2) is 4.79 Å². The third-order valence-corrected chi connectivity index (χ3v) is 4.65. The summed E-state index contributed by atoms with van der Waals surface area (Å²) in [5.74, 6) is 0.585. The lowest BCUT2D eigenvalue weighted by molar-refractivity contribution is -0.131. The van der Waals surface area contributed by atoms with E-state index in [1.807, 2.05) is 45.9 Å². The molecule has 7 nitrogen and oxygen atoms in total. The first-order valence-corrected chi connectivity index (χ1v) is 8.26. The van der Waals surface area contributed by atoms with Gasteiger partial charge in [-0.1, -0.05) is 37.2 Å². The fourth-order valence-corrected chi connectivity index (χ4v) is 2.79. The van der Waals surface area contributed by atoms with Gasteiger partial charge in [0.25, 0.3) is 5.91 Å². The number of urea groups is 1. The van der Waals surface area contributed by atoms with Gasteiger partial charge in [0.1, 0.15) is 12.1 Å². The molecule has 1 fully saturated rings. The van der Waals surface area contributed by atoms with Gasteiger partial charge in [0.05, 0.1) is 0 Å². The number of rotatable bonds is 4. The number of amides is 3. The zero-order valence-electron chi connectivity index (χ0n) is 15.1. The summed E-state index contributed by atoms with van der Waals surface area (Å²) < 4.78 is 5.16. The van der Waals surface area contributed by atoms with E-state index in [0.29, 0.717) is 5.82 Å². The molecule has 1 aromatic heterocycles. The Bertz CT molecular complexity index is 843. The largest absolute Gasteiger partial charge is 0.337 e. The Labute approximate surface area is 146 Å². The lowest BCUT2D eigenvalue weighted by Crippen LogP contribution is -2.40. The molecule has 1 aliphatic rings. The van der Waals surface area contributed by atoms with Crippen LogP contribution in [0.5, 0.6) is 0 Å². The topological polar surface area (TPSA) is 88.3 Å². The molecule has 0 aliphatic carbocycles. The molecule has 2 aromatic rings. The highest BCUT2D eigenvalue weighted by molar-refractivity contribution is 6.07. The van der Waals surface area contributed by atoms with Crippen LogP contribution in [0.3, 0.4) is 0 Å². The van der Waals surface area contributed by atoms with Crippen molar-refractivity contribution in [1.29, 1.82) is 0 Å². The Morgan fingerprint density at radius 2 is 1.96 bits per heavy atom. The lowest BCUT2D eigenvalue weighted by atomic mass is 9.90. The number of hydrogen-bond donors (Lipinski definition) is 1. The zero-order valence-corrected chi connectivity index (χ0v) is 15.1. The van der Waals surface area contributed by atoms with Crippen molar-refractivity contribution < 1.29 is 14.1 Å². The number of benzene rings is 1. The van der Waals surface area contributed by atoms with Crippen molar-refractivity contribution in [3.05, 3.63) is 46.6 Å². The molecule has 0 saturated carbocycles. The molecule has 132 valence electrons. The predicted octanol–water partition coefficient (Wildman–Crippen LogP) is 2.78. The minimum absolute atomic E-state index is 0.0369. The third-order valence-electron chi connectivity index (χ3n) is 4.65. The summed E-state index contributed by atoms with van der Waals surface area (Å²) >= 11 is 0. The van der Waals surface area contributed by atoms with Gasteiger partial charge in [-0.15, -0.1) is 0 Å². The SMILES string of the molecule is Cc1ccc([C@]2(C)NC(=O)N(Cc3nc(C(C)C)no3)C2=O)cc1C. The van der Waals surface area contributed by atoms with Crippen LogP contribution in [0.2, 0.25) is 0 Å². The maximum absolute atomic E-state index is 12.9. The van der Waals surface area contributed by atoms with E-state index in [-0.39, 0.29) is 24.3 Å². The number of hydrogen-bond acceptors (Lipinski definition) is 5. The minimum Gasteiger partial charge on any atom is -0.337 e. The van der Waals surface area contributed by atoms with E-state index in [1.54, 1.807) is 6.92 Å². The Balaban J connectivity index is 1.87. The third kappa shape index (κ3) is 2.90. The number of carbonyl (C=O) groups is 2. The number of aromatic nitrogens is 2. The molecule has 0 unspecified atom stereocenters. The van der Waals surface area contributed by atoms with Gasteiger partial charge in [0, 0.05) is 5.92 Å². The molecular weight excluding hydrogens is 320 g/mol. The molecule has 1 aromatic carbocycles. The highest BCUT2D eigenvalue weighted by Crippen LogP contribution is 2.30. The maximum atomic E-state index is 12.9. The van der Waals surface area contributed by atoms with Crippen LogP contribution in [0.15, 0.2) is 22.7 Å². The summed E-state index contributed by atoms with van der Waals surface area (Å²) in [7, 11) is 0. The van der Waals surface area contributed by atoms with Crippen LogP contribution in [-0.2, 0) is 16.9 Å². The van der Waals surface area contributed by atoms with Crippen molar-refractivity contribution in [3.63, 3.8) is 0 Å². The smallest absolute Gasteiger partial charge is 0.325 e. The van der Waals surface area contributed by atoms with E-state index in [0.717, 1.165) is 21.6 Å². The van der Waals surface area contributed by atoms with Gasteiger partial charge in [-0.05, 0) is 37.5 Å². The lowest BCUT2D eigenvalue weighted by Gasteiger charge is -2.23. The second-order valence-corrected chi connectivity index (χ2v) is 6.95. The number of aryl methyl sites for hydroxylation is 2. The average Bonchev–Trinajstić information content (AvgIpc) is 3.10. The van der Waals surface area contributed by atoms with Gasteiger partial charge in [-0.3, -0.25) is 9.69 Å². The number of imide groups is 1. The van der Waals surface area contributed by atoms with Crippen LogP contribution in [-0.4, -0.2) is 27.0 Å². The molecule has 0 bridgehead atoms. The molecule has 2 heterocycles. The monoisotopic (exact) mass is 342 g/mol. The first-order chi connectivity index (χ1) is 11.7. The zero-order chi connectivity index (χ0) is 18.4. The predicted molar refractivity (Wildman–Crippen MR) is 90.7 cm³/mol. The molecule has 7 heteroatoms. The highest BCUT2D eigenvalue weighted by atomic mass is 16.5. The van der Waals surface area contributed by atoms with Crippen LogP contribution in [0.4, 0.5) is 4.79 Å². The summed E-state index contributed by atoms with van der Waals surface area (Å²) in [4.78, 5) is 30.7. The van der Waals surface area contributed by atoms with Crippen LogP contribution >= 0.6 is 0 Å². The van der Waals surface area contributed by atoms with E-state index in [4.69, 9.17) is 4.52 Å². The first-order valence-electron chi connectivity index (χ1n) is 8.26. The number of nitrogens with one attached hydrogen (secondary N) is 1. The summed E-state index contributed by atoms with van der Waals surface area (Å²) in [6.45, 7) is 9.55. The molecule has 1 saturated heterocycles. The van der Waals surface area contributed by atoms with E-state index in [1.165, 1.54) is 0 Å². The Morgan fingerprint density at radius 3 is 2.56 bits per heavy atom. The Hall–Kier alpha value is -2.70. The molecule has 0 radical (unpaired) electrons. The quantitative estimate of drug-likeness (QED) is 0.863. The van der Waals surface area contributed by atoms with Crippen molar-refractivity contribution in [2.75, 3.05) is 0 Å². The van der Waals surface area contributed by atoms with E-state index in [9.17, 15) is 9.59 Å². The molecule has 0 spiro atoms. The summed E-state index contributed by atoms with van der Waals surface area (Å²) in [6, 6.07) is 5.29. The van der Waals surface area contributed by atoms with E-state index in [2.05, 4.69) is 15.5 Å². The van der Waals surface area contributed by atoms with Gasteiger partial charge in [0.2, 0.25) is 5.89 Å². The molecule has 1 aliphatic heterocycles. The average molecular weight is 342 g/mol. The molecule has 3 rings (SSSR count). The van der Waals surface area contributed by atoms with Crippen molar-refractivity contribution in [1.82, 2.24) is 20.4 Å². The molecule has 1 atom stereocenters. The van der Waals surface area contributed by atoms with Crippen molar-refractivity contribution in [3.8, 4) is 0 Å². The van der Waals surface area contributed by atoms with Crippen molar-refractivity contribution in [2.45, 2.75) is 52.6 Å². The van der Waals surface area contributed by atoms with Crippen molar-refractivity contribution in [2.24, 2.45) is 0 Å². The fraction of sp³-hybridized carbons (Fsp3) is 0.444. The molecule has 25 heavy (non-hydrogen) atoms. The Kier molecular flexibility index (Phi) is 4.10. The molecule has 3 amide bonds. The molecule has 1 N–H and O–H groups in total. The summed E-state index contributed by atoms with van der Waals surface area (Å²) in [5.41, 5.74) is 1.85. The normalized spacial score (nSPS) is 20.5. The highest BCUT2D eigenvalue weighted by Gasteiger charge is 2.49. The van der Waals surface area contributed by atoms with Gasteiger partial charge < -0.3 is 9.84 Å². The minimum atomic E-state index is -1.10. The second-order valence-electron chi connectivity index (χ2n) is 6.95. The van der Waals surface area contributed by atoms with Crippen LogP contribution < -0.4 is 5.32 Å². The van der Waals surface area contributed by atoms with Crippen molar-refractivity contribution >= 4 is 11.9 Å². The van der Waals surface area contributed by atoms with Gasteiger partial charge in [-0.2, -0.15) is 4.98 Å². The summed E-state index contributed by atoms with van der Waals surface area (Å²) in [5, 5.41) is 6.66. The molecular formula is C18H22N4O3. The second kappa shape index (κ2) is 5.98. The fourth-order valence-electron chi connectivity index (χ4n) is 2.79. The number of carbonyl (C=O) groups excluding carboxylic acids is 2. The first kappa shape index (κ1) is 17.1. The maximum Gasteiger partial charge on any atom is 0.325 e. The van der Waals surface area contributed by atoms with Gasteiger partial charge in [0.15, 0.2) is 5.82 Å². The number of nitrogens with zero attached hydrogens (tertiary/aromatic N) is 3. The van der Waals surface area contributed by atoms with Crippen LogP contribution in [0, 0.1) is 13.8 Å². The van der Waals surface area contributed by atoms with Crippen LogP contribution in [0.1, 0.15) is 55.1 Å².